The number of hydrogen-bond acceptors (Lipinski definition) is 5. The number of carbonyl (C=O) groups is 1. The Morgan fingerprint density at radius 2 is 2.21 bits per heavy atom. The zero-order valence-corrected chi connectivity index (χ0v) is 11.3. The third-order valence-corrected chi connectivity index (χ3v) is 2.59. The lowest BCUT2D eigenvalue weighted by molar-refractivity contribution is 0.102. The number of rotatable bonds is 4. The van der Waals surface area contributed by atoms with E-state index in [1.807, 2.05) is 6.92 Å². The highest BCUT2D eigenvalue weighted by Gasteiger charge is 2.15. The van der Waals surface area contributed by atoms with Gasteiger partial charge in [0.1, 0.15) is 17.3 Å². The topological polar surface area (TPSA) is 80.0 Å². The Balaban J connectivity index is 2.20. The van der Waals surface area contributed by atoms with Gasteiger partial charge in [-0.15, -0.1) is 0 Å². The average molecular weight is 281 g/mol. The third-order valence-electron chi connectivity index (χ3n) is 2.29. The van der Waals surface area contributed by atoms with Crippen LogP contribution in [0.2, 0.25) is 5.02 Å². The standard InChI is InChI=1S/C12H13ClN4O2/c1-3-14-9-5-4-8(13)11(15-9)12(18)16-10-6-7(2)19-17-10/h4-6H,3H2,1-2H3,(H,14,15)(H,16,17,18). The maximum absolute atomic E-state index is 12.0. The summed E-state index contributed by atoms with van der Waals surface area (Å²) in [7, 11) is 0. The second kappa shape index (κ2) is 5.71. The Bertz CT molecular complexity index is 597. The van der Waals surface area contributed by atoms with Crippen LogP contribution in [0, 0.1) is 6.92 Å². The zero-order valence-electron chi connectivity index (χ0n) is 10.5. The lowest BCUT2D eigenvalue weighted by Crippen LogP contribution is -2.15. The van der Waals surface area contributed by atoms with Gasteiger partial charge in [0, 0.05) is 12.6 Å². The molecule has 7 heteroatoms. The summed E-state index contributed by atoms with van der Waals surface area (Å²) in [4.78, 5) is 16.2. The molecule has 0 saturated carbocycles. The molecule has 0 saturated heterocycles. The predicted octanol–water partition coefficient (Wildman–Crippen LogP) is 2.72. The molecule has 0 aliphatic heterocycles. The van der Waals surface area contributed by atoms with Gasteiger partial charge in [0.05, 0.1) is 5.02 Å². The largest absolute Gasteiger partial charge is 0.370 e. The van der Waals surface area contributed by atoms with Crippen molar-refractivity contribution in [1.29, 1.82) is 0 Å². The van der Waals surface area contributed by atoms with Crippen molar-refractivity contribution in [1.82, 2.24) is 10.1 Å². The minimum Gasteiger partial charge on any atom is -0.370 e. The zero-order chi connectivity index (χ0) is 13.8. The number of hydrogen-bond donors (Lipinski definition) is 2. The van der Waals surface area contributed by atoms with Crippen LogP contribution in [0.5, 0.6) is 0 Å². The van der Waals surface area contributed by atoms with Crippen molar-refractivity contribution >= 4 is 29.1 Å². The van der Waals surface area contributed by atoms with Crippen LogP contribution in [0.3, 0.4) is 0 Å². The van der Waals surface area contributed by atoms with Crippen LogP contribution in [-0.4, -0.2) is 22.6 Å². The fourth-order valence-corrected chi connectivity index (χ4v) is 1.67. The summed E-state index contributed by atoms with van der Waals surface area (Å²) in [6.07, 6.45) is 0. The second-order valence-corrected chi connectivity index (χ2v) is 4.24. The first-order valence-corrected chi connectivity index (χ1v) is 6.13. The number of aryl methyl sites for hydroxylation is 1. The summed E-state index contributed by atoms with van der Waals surface area (Å²) in [5, 5.41) is 9.54. The minimum absolute atomic E-state index is 0.140. The Hall–Kier alpha value is -2.08. The van der Waals surface area contributed by atoms with Gasteiger partial charge < -0.3 is 15.2 Å². The van der Waals surface area contributed by atoms with Crippen molar-refractivity contribution in [3.63, 3.8) is 0 Å². The molecule has 2 aromatic heterocycles. The molecule has 0 spiro atoms. The average Bonchev–Trinajstić information content (AvgIpc) is 2.77. The van der Waals surface area contributed by atoms with Crippen LogP contribution in [0.15, 0.2) is 22.7 Å². The first-order chi connectivity index (χ1) is 9.10. The molecule has 2 rings (SSSR count). The second-order valence-electron chi connectivity index (χ2n) is 3.83. The fourth-order valence-electron chi connectivity index (χ4n) is 1.48. The quantitative estimate of drug-likeness (QED) is 0.900. The number of aromatic nitrogens is 2. The van der Waals surface area contributed by atoms with Crippen LogP contribution in [0.1, 0.15) is 23.2 Å². The Labute approximate surface area is 115 Å². The van der Waals surface area contributed by atoms with Crippen LogP contribution in [-0.2, 0) is 0 Å². The summed E-state index contributed by atoms with van der Waals surface area (Å²) < 4.78 is 4.86. The maximum atomic E-state index is 12.0. The normalized spacial score (nSPS) is 10.3. The first kappa shape index (κ1) is 13.4. The van der Waals surface area contributed by atoms with Crippen molar-refractivity contribution < 1.29 is 9.32 Å². The van der Waals surface area contributed by atoms with Crippen molar-refractivity contribution in [2.75, 3.05) is 17.2 Å². The van der Waals surface area contributed by atoms with E-state index < -0.39 is 5.91 Å². The number of nitrogens with one attached hydrogen (secondary N) is 2. The van der Waals surface area contributed by atoms with E-state index in [0.29, 0.717) is 23.9 Å². The fraction of sp³-hybridized carbons (Fsp3) is 0.250. The van der Waals surface area contributed by atoms with Crippen molar-refractivity contribution in [2.24, 2.45) is 0 Å². The van der Waals surface area contributed by atoms with Gasteiger partial charge in [0.25, 0.3) is 5.91 Å². The van der Waals surface area contributed by atoms with Gasteiger partial charge in [0.15, 0.2) is 5.82 Å². The van der Waals surface area contributed by atoms with Gasteiger partial charge in [-0.3, -0.25) is 4.79 Å². The molecule has 100 valence electrons. The Kier molecular flexibility index (Phi) is 4.01. The molecule has 0 unspecified atom stereocenters. The first-order valence-electron chi connectivity index (χ1n) is 5.75. The molecule has 0 atom stereocenters. The Morgan fingerprint density at radius 1 is 1.42 bits per heavy atom. The molecule has 1 amide bonds. The van der Waals surface area contributed by atoms with E-state index in [1.165, 1.54) is 0 Å². The Morgan fingerprint density at radius 3 is 2.84 bits per heavy atom. The molecule has 0 fully saturated rings. The summed E-state index contributed by atoms with van der Waals surface area (Å²) in [5.41, 5.74) is 0.140. The third kappa shape index (κ3) is 3.23. The van der Waals surface area contributed by atoms with Gasteiger partial charge in [-0.25, -0.2) is 4.98 Å². The van der Waals surface area contributed by atoms with E-state index in [2.05, 4.69) is 20.8 Å². The lowest BCUT2D eigenvalue weighted by atomic mass is 10.3. The molecule has 0 radical (unpaired) electrons. The number of halogens is 1. The number of nitrogens with zero attached hydrogens (tertiary/aromatic N) is 2. The van der Waals surface area contributed by atoms with E-state index in [-0.39, 0.29) is 10.7 Å². The molecule has 0 aliphatic carbocycles. The van der Waals surface area contributed by atoms with Gasteiger partial charge >= 0.3 is 0 Å². The van der Waals surface area contributed by atoms with E-state index in [9.17, 15) is 4.79 Å². The van der Waals surface area contributed by atoms with Crippen molar-refractivity contribution in [3.8, 4) is 0 Å². The van der Waals surface area contributed by atoms with Crippen molar-refractivity contribution in [3.05, 3.63) is 34.7 Å². The molecular weight excluding hydrogens is 268 g/mol. The van der Waals surface area contributed by atoms with Crippen molar-refractivity contribution in [2.45, 2.75) is 13.8 Å². The molecule has 2 N–H and O–H groups in total. The van der Waals surface area contributed by atoms with E-state index in [4.69, 9.17) is 16.1 Å². The van der Waals surface area contributed by atoms with E-state index in [1.54, 1.807) is 25.1 Å². The summed E-state index contributed by atoms with van der Waals surface area (Å²) in [6.45, 7) is 4.38. The summed E-state index contributed by atoms with van der Waals surface area (Å²) in [6, 6.07) is 4.94. The molecule has 0 aromatic carbocycles. The van der Waals surface area contributed by atoms with Gasteiger partial charge in [-0.1, -0.05) is 16.8 Å². The molecule has 2 heterocycles. The van der Waals surface area contributed by atoms with E-state index in [0.717, 1.165) is 0 Å². The van der Waals surface area contributed by atoms with Crippen LogP contribution in [0.4, 0.5) is 11.6 Å². The molecular formula is C12H13ClN4O2. The minimum atomic E-state index is -0.432. The number of carbonyl (C=O) groups excluding carboxylic acids is 1. The summed E-state index contributed by atoms with van der Waals surface area (Å²) in [5.74, 6) is 1.09. The monoisotopic (exact) mass is 280 g/mol. The molecule has 2 aromatic rings. The molecule has 0 bridgehead atoms. The lowest BCUT2D eigenvalue weighted by Gasteiger charge is -2.06. The van der Waals surface area contributed by atoms with Crippen LogP contribution >= 0.6 is 11.6 Å². The van der Waals surface area contributed by atoms with Crippen LogP contribution < -0.4 is 10.6 Å². The highest BCUT2D eigenvalue weighted by Crippen LogP contribution is 2.18. The molecule has 0 aliphatic rings. The number of pyridine rings is 1. The van der Waals surface area contributed by atoms with Gasteiger partial charge in [0.2, 0.25) is 0 Å². The highest BCUT2D eigenvalue weighted by atomic mass is 35.5. The smallest absolute Gasteiger partial charge is 0.277 e. The molecule has 19 heavy (non-hydrogen) atoms. The SMILES string of the molecule is CCNc1ccc(Cl)c(C(=O)Nc2cc(C)on2)n1. The van der Waals surface area contributed by atoms with Gasteiger partial charge in [-0.2, -0.15) is 0 Å². The highest BCUT2D eigenvalue weighted by molar-refractivity contribution is 6.34. The number of amides is 1. The van der Waals surface area contributed by atoms with Crippen LogP contribution in [0.25, 0.3) is 0 Å². The van der Waals surface area contributed by atoms with E-state index >= 15 is 0 Å². The molecule has 6 nitrogen and oxygen atoms in total. The summed E-state index contributed by atoms with van der Waals surface area (Å²) >= 11 is 5.97. The number of anilines is 2. The predicted molar refractivity (Wildman–Crippen MR) is 72.6 cm³/mol. The maximum Gasteiger partial charge on any atom is 0.277 e. The van der Waals surface area contributed by atoms with Gasteiger partial charge in [-0.05, 0) is 26.0 Å².